The second-order valence-electron chi connectivity index (χ2n) is 3.77. The Morgan fingerprint density at radius 3 is 2.50 bits per heavy atom. The van der Waals surface area contributed by atoms with Gasteiger partial charge in [0.05, 0.1) is 15.5 Å². The number of hydrogen-bond donors (Lipinski definition) is 0. The Bertz CT molecular complexity index is 688. The van der Waals surface area contributed by atoms with Gasteiger partial charge in [0, 0.05) is 17.2 Å². The quantitative estimate of drug-likeness (QED) is 0.370. The standard InChI is InChI=1S/C13H7Cl2NO4/c14-9-3-1-2-8(6-9)13(17)20-12-5-4-10(16(18)19)7-11(12)15/h1-7H. The van der Waals surface area contributed by atoms with Crippen molar-refractivity contribution in [3.63, 3.8) is 0 Å². The van der Waals surface area contributed by atoms with Crippen molar-refractivity contribution < 1.29 is 14.5 Å². The number of nitro groups is 1. The van der Waals surface area contributed by atoms with Crippen LogP contribution in [0.1, 0.15) is 10.4 Å². The van der Waals surface area contributed by atoms with Gasteiger partial charge in [0.25, 0.3) is 5.69 Å². The van der Waals surface area contributed by atoms with Crippen LogP contribution in [0.3, 0.4) is 0 Å². The van der Waals surface area contributed by atoms with Crippen LogP contribution in [0.2, 0.25) is 10.0 Å². The number of non-ortho nitro benzene ring substituents is 1. The van der Waals surface area contributed by atoms with Gasteiger partial charge < -0.3 is 4.74 Å². The molecule has 0 saturated heterocycles. The molecule has 0 fully saturated rings. The van der Waals surface area contributed by atoms with Crippen molar-refractivity contribution in [2.24, 2.45) is 0 Å². The van der Waals surface area contributed by atoms with E-state index in [1.807, 2.05) is 0 Å². The summed E-state index contributed by atoms with van der Waals surface area (Å²) in [5, 5.41) is 10.9. The van der Waals surface area contributed by atoms with Crippen LogP contribution in [0.25, 0.3) is 0 Å². The number of benzene rings is 2. The summed E-state index contributed by atoms with van der Waals surface area (Å²) in [5.74, 6) is -0.606. The smallest absolute Gasteiger partial charge is 0.343 e. The molecular formula is C13H7Cl2NO4. The van der Waals surface area contributed by atoms with Gasteiger partial charge in [0.15, 0.2) is 0 Å². The van der Waals surface area contributed by atoms with Crippen LogP contribution in [0.15, 0.2) is 42.5 Å². The molecule has 0 amide bonds. The molecule has 2 aromatic carbocycles. The topological polar surface area (TPSA) is 69.4 Å². The zero-order valence-corrected chi connectivity index (χ0v) is 11.4. The lowest BCUT2D eigenvalue weighted by Gasteiger charge is -2.06. The lowest BCUT2D eigenvalue weighted by atomic mass is 10.2. The number of carbonyl (C=O) groups excluding carboxylic acids is 1. The molecule has 0 unspecified atom stereocenters. The fraction of sp³-hybridized carbons (Fsp3) is 0. The number of carbonyl (C=O) groups is 1. The monoisotopic (exact) mass is 311 g/mol. The van der Waals surface area contributed by atoms with Crippen LogP contribution in [-0.4, -0.2) is 10.9 Å². The van der Waals surface area contributed by atoms with E-state index in [2.05, 4.69) is 0 Å². The van der Waals surface area contributed by atoms with E-state index in [9.17, 15) is 14.9 Å². The molecule has 0 aliphatic carbocycles. The van der Waals surface area contributed by atoms with E-state index in [0.29, 0.717) is 5.02 Å². The minimum Gasteiger partial charge on any atom is -0.421 e. The van der Waals surface area contributed by atoms with Gasteiger partial charge in [-0.2, -0.15) is 0 Å². The Balaban J connectivity index is 2.22. The number of rotatable bonds is 3. The average Bonchev–Trinajstić information content (AvgIpc) is 2.40. The fourth-order valence-corrected chi connectivity index (χ4v) is 1.86. The minimum absolute atomic E-state index is 0.0189. The lowest BCUT2D eigenvalue weighted by Crippen LogP contribution is -2.08. The number of ether oxygens (including phenoxy) is 1. The molecule has 0 saturated carbocycles. The van der Waals surface area contributed by atoms with Crippen LogP contribution in [-0.2, 0) is 0 Å². The van der Waals surface area contributed by atoms with Gasteiger partial charge in [-0.1, -0.05) is 29.3 Å². The first-order chi connectivity index (χ1) is 9.47. The number of hydrogen-bond acceptors (Lipinski definition) is 4. The molecule has 0 N–H and O–H groups in total. The maximum atomic E-state index is 11.9. The first-order valence-electron chi connectivity index (χ1n) is 5.39. The Kier molecular flexibility index (Phi) is 4.22. The van der Waals surface area contributed by atoms with Crippen molar-refractivity contribution >= 4 is 34.9 Å². The third-order valence-electron chi connectivity index (χ3n) is 2.39. The van der Waals surface area contributed by atoms with Crippen molar-refractivity contribution in [3.8, 4) is 5.75 Å². The first kappa shape index (κ1) is 14.3. The highest BCUT2D eigenvalue weighted by molar-refractivity contribution is 6.32. The van der Waals surface area contributed by atoms with E-state index >= 15 is 0 Å². The highest BCUT2D eigenvalue weighted by Crippen LogP contribution is 2.29. The number of nitro benzene ring substituents is 1. The van der Waals surface area contributed by atoms with Gasteiger partial charge in [-0.3, -0.25) is 10.1 Å². The largest absolute Gasteiger partial charge is 0.421 e. The Hall–Kier alpha value is -2.11. The summed E-state index contributed by atoms with van der Waals surface area (Å²) in [6.07, 6.45) is 0. The lowest BCUT2D eigenvalue weighted by molar-refractivity contribution is -0.384. The normalized spacial score (nSPS) is 10.1. The summed E-state index contributed by atoms with van der Waals surface area (Å²) < 4.78 is 5.07. The van der Waals surface area contributed by atoms with Crippen LogP contribution in [0.5, 0.6) is 5.75 Å². The molecule has 2 aromatic rings. The fourth-order valence-electron chi connectivity index (χ4n) is 1.46. The van der Waals surface area contributed by atoms with E-state index in [1.54, 1.807) is 12.1 Å². The highest BCUT2D eigenvalue weighted by Gasteiger charge is 2.14. The van der Waals surface area contributed by atoms with E-state index in [1.165, 1.54) is 24.3 Å². The molecule has 0 radical (unpaired) electrons. The van der Waals surface area contributed by atoms with E-state index < -0.39 is 10.9 Å². The average molecular weight is 312 g/mol. The van der Waals surface area contributed by atoms with Gasteiger partial charge in [-0.05, 0) is 24.3 Å². The molecule has 20 heavy (non-hydrogen) atoms. The van der Waals surface area contributed by atoms with E-state index in [4.69, 9.17) is 27.9 Å². The summed E-state index contributed by atoms with van der Waals surface area (Å²) in [7, 11) is 0. The predicted octanol–water partition coefficient (Wildman–Crippen LogP) is 4.12. The summed E-state index contributed by atoms with van der Waals surface area (Å²) in [5.41, 5.74) is 0.0736. The number of halogens is 2. The summed E-state index contributed by atoms with van der Waals surface area (Å²) in [4.78, 5) is 21.8. The molecule has 0 aromatic heterocycles. The molecule has 0 aliphatic heterocycles. The van der Waals surface area contributed by atoms with Crippen molar-refractivity contribution in [2.75, 3.05) is 0 Å². The van der Waals surface area contributed by atoms with Gasteiger partial charge in [-0.25, -0.2) is 4.79 Å². The third kappa shape index (κ3) is 3.26. The molecular weight excluding hydrogens is 305 g/mol. The highest BCUT2D eigenvalue weighted by atomic mass is 35.5. The van der Waals surface area contributed by atoms with Crippen LogP contribution in [0.4, 0.5) is 5.69 Å². The second kappa shape index (κ2) is 5.90. The Labute approximate surface area is 123 Å². The van der Waals surface area contributed by atoms with Gasteiger partial charge in [0.2, 0.25) is 0 Å². The van der Waals surface area contributed by atoms with Crippen molar-refractivity contribution in [3.05, 3.63) is 68.2 Å². The molecule has 7 heteroatoms. The molecule has 0 bridgehead atoms. The van der Waals surface area contributed by atoms with Crippen LogP contribution < -0.4 is 4.74 Å². The third-order valence-corrected chi connectivity index (χ3v) is 2.92. The molecule has 5 nitrogen and oxygen atoms in total. The second-order valence-corrected chi connectivity index (χ2v) is 4.62. The molecule has 0 atom stereocenters. The molecule has 0 spiro atoms. The number of esters is 1. The molecule has 2 rings (SSSR count). The van der Waals surface area contributed by atoms with Crippen molar-refractivity contribution in [1.29, 1.82) is 0 Å². The summed E-state index contributed by atoms with van der Waals surface area (Å²) in [6, 6.07) is 9.79. The van der Waals surface area contributed by atoms with Gasteiger partial charge >= 0.3 is 5.97 Å². The first-order valence-corrected chi connectivity index (χ1v) is 6.14. The number of nitrogens with zero attached hydrogens (tertiary/aromatic N) is 1. The van der Waals surface area contributed by atoms with Gasteiger partial charge in [0.1, 0.15) is 5.75 Å². The maximum Gasteiger partial charge on any atom is 0.343 e. The Morgan fingerprint density at radius 1 is 1.15 bits per heavy atom. The zero-order chi connectivity index (χ0) is 14.7. The zero-order valence-electron chi connectivity index (χ0n) is 9.88. The summed E-state index contributed by atoms with van der Waals surface area (Å²) in [6.45, 7) is 0. The van der Waals surface area contributed by atoms with E-state index in [-0.39, 0.29) is 22.0 Å². The SMILES string of the molecule is O=C(Oc1ccc([N+](=O)[O-])cc1Cl)c1cccc(Cl)c1. The van der Waals surface area contributed by atoms with Crippen LogP contribution in [0, 0.1) is 10.1 Å². The minimum atomic E-state index is -0.650. The van der Waals surface area contributed by atoms with Crippen molar-refractivity contribution in [2.45, 2.75) is 0 Å². The van der Waals surface area contributed by atoms with Gasteiger partial charge in [-0.15, -0.1) is 0 Å². The predicted molar refractivity (Wildman–Crippen MR) is 74.5 cm³/mol. The molecule has 0 heterocycles. The van der Waals surface area contributed by atoms with Crippen molar-refractivity contribution in [1.82, 2.24) is 0 Å². The summed E-state index contributed by atoms with van der Waals surface area (Å²) >= 11 is 11.6. The Morgan fingerprint density at radius 2 is 1.90 bits per heavy atom. The molecule has 102 valence electrons. The van der Waals surface area contributed by atoms with E-state index in [0.717, 1.165) is 6.07 Å². The molecule has 0 aliphatic rings. The maximum absolute atomic E-state index is 11.9. The van der Waals surface area contributed by atoms with Crippen LogP contribution >= 0.6 is 23.2 Å².